The number of fused-ring (bicyclic) bond motifs is 11. The van der Waals surface area contributed by atoms with Gasteiger partial charge in [0, 0.05) is 55.7 Å². The van der Waals surface area contributed by atoms with Gasteiger partial charge < -0.3 is 18.6 Å². The zero-order valence-corrected chi connectivity index (χ0v) is 35.3. The Morgan fingerprint density at radius 3 is 1.05 bits per heavy atom. The number of benzene rings is 11. The van der Waals surface area contributed by atoms with Gasteiger partial charge >= 0.3 is 0 Å². The molecule has 0 radical (unpaired) electrons. The summed E-state index contributed by atoms with van der Waals surface area (Å²) >= 11 is 0. The van der Waals surface area contributed by atoms with Gasteiger partial charge in [0.1, 0.15) is 11.2 Å². The second kappa shape index (κ2) is 14.1. The van der Waals surface area contributed by atoms with E-state index in [-0.39, 0.29) is 0 Å². The number of furan rings is 2. The van der Waals surface area contributed by atoms with E-state index in [1.807, 2.05) is 0 Å². The summed E-state index contributed by atoms with van der Waals surface area (Å²) in [6.07, 6.45) is 0. The highest BCUT2D eigenvalue weighted by Crippen LogP contribution is 2.44. The van der Waals surface area contributed by atoms with Gasteiger partial charge in [0.05, 0.1) is 0 Å². The lowest BCUT2D eigenvalue weighted by Crippen LogP contribution is -2.11. The molecule has 0 saturated carbocycles. The highest BCUT2D eigenvalue weighted by atomic mass is 16.4. The monoisotopic (exact) mass is 820 g/mol. The van der Waals surface area contributed by atoms with Crippen LogP contribution in [0, 0.1) is 13.8 Å². The number of rotatable bonds is 6. The summed E-state index contributed by atoms with van der Waals surface area (Å²) in [5.41, 5.74) is 12.3. The minimum absolute atomic E-state index is 0.767. The van der Waals surface area contributed by atoms with Gasteiger partial charge in [0.15, 0.2) is 11.2 Å². The van der Waals surface area contributed by atoms with E-state index in [9.17, 15) is 0 Å². The van der Waals surface area contributed by atoms with Crippen molar-refractivity contribution in [1.29, 1.82) is 0 Å². The van der Waals surface area contributed by atoms with Crippen molar-refractivity contribution in [3.05, 3.63) is 217 Å². The van der Waals surface area contributed by atoms with E-state index in [0.29, 0.717) is 0 Å². The van der Waals surface area contributed by atoms with Gasteiger partial charge in [-0.15, -0.1) is 0 Å². The Morgan fingerprint density at radius 2 is 0.625 bits per heavy atom. The van der Waals surface area contributed by atoms with Crippen molar-refractivity contribution in [2.24, 2.45) is 0 Å². The summed E-state index contributed by atoms with van der Waals surface area (Å²) in [5, 5.41) is 13.6. The summed E-state index contributed by atoms with van der Waals surface area (Å²) in [5.74, 6) is 0. The van der Waals surface area contributed by atoms with E-state index in [4.69, 9.17) is 8.83 Å². The molecule has 4 heteroatoms. The average molecular weight is 821 g/mol. The fourth-order valence-corrected chi connectivity index (χ4v) is 9.92. The van der Waals surface area contributed by atoms with E-state index >= 15 is 0 Å². The number of anilines is 6. The van der Waals surface area contributed by atoms with Gasteiger partial charge in [-0.25, -0.2) is 0 Å². The van der Waals surface area contributed by atoms with E-state index in [1.165, 1.54) is 32.7 Å². The Labute approximate surface area is 369 Å². The van der Waals surface area contributed by atoms with Crippen LogP contribution in [0.2, 0.25) is 0 Å². The van der Waals surface area contributed by atoms with Gasteiger partial charge in [0.25, 0.3) is 0 Å². The average Bonchev–Trinajstić information content (AvgIpc) is 3.88. The predicted molar refractivity (Wildman–Crippen MR) is 270 cm³/mol. The molecule has 11 aromatic carbocycles. The Hall–Kier alpha value is -8.34. The van der Waals surface area contributed by atoms with Gasteiger partial charge in [0.2, 0.25) is 0 Å². The second-order valence-electron chi connectivity index (χ2n) is 17.1. The molecule has 0 fully saturated rings. The van der Waals surface area contributed by atoms with E-state index in [1.54, 1.807) is 0 Å². The number of aryl methyl sites for hydroxylation is 2. The lowest BCUT2D eigenvalue weighted by atomic mass is 10.0. The van der Waals surface area contributed by atoms with Crippen LogP contribution in [0.3, 0.4) is 0 Å². The Morgan fingerprint density at radius 1 is 0.281 bits per heavy atom. The third-order valence-corrected chi connectivity index (χ3v) is 13.2. The van der Waals surface area contributed by atoms with Crippen LogP contribution in [0.15, 0.2) is 215 Å². The zero-order valence-electron chi connectivity index (χ0n) is 35.3. The van der Waals surface area contributed by atoms with Gasteiger partial charge in [-0.2, -0.15) is 0 Å². The maximum Gasteiger partial charge on any atom is 0.178 e. The van der Waals surface area contributed by atoms with Crippen molar-refractivity contribution in [3.63, 3.8) is 0 Å². The maximum atomic E-state index is 6.81. The van der Waals surface area contributed by atoms with Crippen LogP contribution < -0.4 is 9.80 Å². The molecule has 13 rings (SSSR count). The van der Waals surface area contributed by atoms with Crippen LogP contribution in [0.5, 0.6) is 0 Å². The normalized spacial score (nSPS) is 11.9. The Kier molecular flexibility index (Phi) is 8.00. The fraction of sp³-hybridized carbons (Fsp3) is 0.0333. The molecule has 0 aliphatic carbocycles. The molecule has 0 N–H and O–H groups in total. The first kappa shape index (κ1) is 36.3. The lowest BCUT2D eigenvalue weighted by molar-refractivity contribution is 0.634. The summed E-state index contributed by atoms with van der Waals surface area (Å²) in [6.45, 7) is 4.35. The molecule has 0 aliphatic heterocycles. The van der Waals surface area contributed by atoms with Crippen molar-refractivity contribution >= 4 is 121 Å². The molecule has 0 amide bonds. The maximum absolute atomic E-state index is 6.81. The van der Waals surface area contributed by atoms with Gasteiger partial charge in [-0.05, 0) is 165 Å². The smallest absolute Gasteiger partial charge is 0.178 e. The van der Waals surface area contributed by atoms with Crippen LogP contribution in [0.4, 0.5) is 34.1 Å². The predicted octanol–water partition coefficient (Wildman–Crippen LogP) is 17.7. The molecule has 13 aromatic rings. The van der Waals surface area contributed by atoms with Crippen molar-refractivity contribution < 1.29 is 8.83 Å². The Bertz CT molecular complexity index is 3760. The van der Waals surface area contributed by atoms with Crippen LogP contribution >= 0.6 is 0 Å². The van der Waals surface area contributed by atoms with Crippen molar-refractivity contribution in [2.75, 3.05) is 9.80 Å². The van der Waals surface area contributed by atoms with Crippen LogP contribution in [0.25, 0.3) is 87.0 Å². The van der Waals surface area contributed by atoms with Crippen LogP contribution in [-0.4, -0.2) is 0 Å². The lowest BCUT2D eigenvalue weighted by Gasteiger charge is -2.27. The fourth-order valence-electron chi connectivity index (χ4n) is 9.92. The summed E-state index contributed by atoms with van der Waals surface area (Å²) in [4.78, 5) is 4.72. The third-order valence-electron chi connectivity index (χ3n) is 13.2. The molecular formula is C60H40N2O2. The number of nitrogens with zero attached hydrogens (tertiary/aromatic N) is 2. The van der Waals surface area contributed by atoms with E-state index in [0.717, 1.165) is 99.5 Å². The number of hydrogen-bond donors (Lipinski definition) is 0. The third kappa shape index (κ3) is 5.76. The first-order valence-electron chi connectivity index (χ1n) is 21.9. The molecule has 0 bridgehead atoms. The molecule has 2 heterocycles. The van der Waals surface area contributed by atoms with Crippen LogP contribution in [0.1, 0.15) is 11.1 Å². The number of para-hydroxylation sites is 2. The first-order chi connectivity index (χ1) is 31.5. The molecular weight excluding hydrogens is 781 g/mol. The highest BCUT2D eigenvalue weighted by molar-refractivity contribution is 6.21. The minimum atomic E-state index is 0.767. The Balaban J connectivity index is 0.928. The van der Waals surface area contributed by atoms with Crippen molar-refractivity contribution in [2.45, 2.75) is 13.8 Å². The molecule has 0 aliphatic rings. The van der Waals surface area contributed by atoms with E-state index in [2.05, 4.69) is 230 Å². The molecule has 0 saturated heterocycles. The van der Waals surface area contributed by atoms with Crippen molar-refractivity contribution in [1.82, 2.24) is 0 Å². The zero-order chi connectivity index (χ0) is 42.5. The SMILES string of the molecule is Cc1ccccc1N(c1ccc2ccccc2c1)c1ccc2cc3c(cc2c1)oc1c3ccc2c3cc4ccc(N(c5ccc6ccccc6c5)c5ccccc5C)cc4cc3oc21. The minimum Gasteiger partial charge on any atom is -0.452 e. The summed E-state index contributed by atoms with van der Waals surface area (Å²) < 4.78 is 13.6. The van der Waals surface area contributed by atoms with Gasteiger partial charge in [-0.1, -0.05) is 109 Å². The van der Waals surface area contributed by atoms with Gasteiger partial charge in [-0.3, -0.25) is 0 Å². The largest absolute Gasteiger partial charge is 0.452 e. The first-order valence-corrected chi connectivity index (χ1v) is 21.9. The quantitative estimate of drug-likeness (QED) is 0.167. The second-order valence-corrected chi connectivity index (χ2v) is 17.1. The van der Waals surface area contributed by atoms with Crippen molar-refractivity contribution in [3.8, 4) is 0 Å². The number of hydrogen-bond acceptors (Lipinski definition) is 4. The standard InChI is InChI=1S/C60H40N2O2/c1-37-11-3-9-17-55(37)61(47-23-19-39-13-5-7-15-41(39)29-47)49-25-21-43-33-53-51-27-28-52-54-34-44-22-26-50(32-46(44)36-58(54)64-60(52)59(51)63-57(53)35-45(43)31-49)62(56-18-10-4-12-38(56)2)48-24-20-40-14-6-8-16-42(40)30-48/h3-36H,1-2H3. The molecule has 0 spiro atoms. The summed E-state index contributed by atoms with van der Waals surface area (Å²) in [6, 6.07) is 74.4. The van der Waals surface area contributed by atoms with Crippen LogP contribution in [-0.2, 0) is 0 Å². The highest BCUT2D eigenvalue weighted by Gasteiger charge is 2.21. The topological polar surface area (TPSA) is 32.8 Å². The molecule has 2 aromatic heterocycles. The molecule has 0 unspecified atom stereocenters. The molecule has 64 heavy (non-hydrogen) atoms. The summed E-state index contributed by atoms with van der Waals surface area (Å²) in [7, 11) is 0. The molecule has 4 nitrogen and oxygen atoms in total. The molecule has 302 valence electrons. The molecule has 0 atom stereocenters. The van der Waals surface area contributed by atoms with E-state index < -0.39 is 0 Å².